The fraction of sp³-hybridized carbons (Fsp3) is 0.400. The fourth-order valence-electron chi connectivity index (χ4n) is 5.52. The zero-order valence-electron chi connectivity index (χ0n) is 18.0. The maximum absolute atomic E-state index is 14.6. The van der Waals surface area contributed by atoms with E-state index in [1.54, 1.807) is 12.3 Å². The molecule has 3 heterocycles. The van der Waals surface area contributed by atoms with E-state index >= 15 is 0 Å². The number of carbonyl (C=O) groups is 1. The molecule has 1 spiro atoms. The quantitative estimate of drug-likeness (QED) is 0.623. The van der Waals surface area contributed by atoms with Gasteiger partial charge in [-0.15, -0.1) is 0 Å². The molecule has 1 amide bonds. The topological polar surface area (TPSA) is 57.4 Å². The first-order valence-electron chi connectivity index (χ1n) is 11.4. The first kappa shape index (κ1) is 20.7. The van der Waals surface area contributed by atoms with Crippen LogP contribution >= 0.6 is 0 Å². The van der Waals surface area contributed by atoms with Gasteiger partial charge in [0, 0.05) is 36.2 Å². The Kier molecular flexibility index (Phi) is 4.78. The van der Waals surface area contributed by atoms with Crippen LogP contribution < -0.4 is 5.32 Å². The van der Waals surface area contributed by atoms with Crippen molar-refractivity contribution in [2.24, 2.45) is 5.92 Å². The molecule has 2 N–H and O–H groups in total. The number of carbonyl (C=O) groups excluding carboxylic acids is 1. The Bertz CT molecular complexity index is 1260. The monoisotopic (exact) mass is 455 g/mol. The second-order valence-electron chi connectivity index (χ2n) is 9.28. The number of aromatic amines is 1. The Balaban J connectivity index is 1.37. The number of fused-ring (bicyclic) bond motifs is 3. The van der Waals surface area contributed by atoms with E-state index in [0.717, 1.165) is 18.4 Å². The largest absolute Gasteiger partial charge is 0.365 e. The number of hydrogen-bond acceptors (Lipinski definition) is 3. The van der Waals surface area contributed by atoms with Gasteiger partial charge in [-0.1, -0.05) is 6.07 Å². The summed E-state index contributed by atoms with van der Waals surface area (Å²) in [4.78, 5) is 18.9. The van der Waals surface area contributed by atoms with E-state index in [-0.39, 0.29) is 30.9 Å². The predicted octanol–water partition coefficient (Wildman–Crippen LogP) is 4.11. The van der Waals surface area contributed by atoms with Crippen LogP contribution in [0.1, 0.15) is 36.0 Å². The predicted molar refractivity (Wildman–Crippen MR) is 116 cm³/mol. The number of piperidine rings is 1. The molecule has 0 radical (unpaired) electrons. The van der Waals surface area contributed by atoms with Gasteiger partial charge in [0.2, 0.25) is 5.91 Å². The summed E-state index contributed by atoms with van der Waals surface area (Å²) in [6.45, 7) is 1.41. The van der Waals surface area contributed by atoms with Crippen molar-refractivity contribution < 1.29 is 22.7 Å². The minimum Gasteiger partial charge on any atom is -0.365 e. The van der Waals surface area contributed by atoms with Gasteiger partial charge in [0.05, 0.1) is 12.5 Å². The summed E-state index contributed by atoms with van der Waals surface area (Å²) in [5.41, 5.74) is 1.57. The molecule has 3 aromatic rings. The number of halogens is 3. The molecule has 2 fully saturated rings. The molecular weight excluding hydrogens is 431 g/mol. The first-order chi connectivity index (χ1) is 16.0. The molecule has 6 rings (SSSR count). The van der Waals surface area contributed by atoms with Gasteiger partial charge in [0.1, 0.15) is 11.4 Å². The molecule has 3 aliphatic rings. The van der Waals surface area contributed by atoms with Gasteiger partial charge in [-0.2, -0.15) is 0 Å². The van der Waals surface area contributed by atoms with Crippen molar-refractivity contribution in [1.29, 1.82) is 0 Å². The number of amides is 1. The number of benzene rings is 2. The lowest BCUT2D eigenvalue weighted by molar-refractivity contribution is -0.157. The number of nitrogens with zero attached hydrogens (tertiary/aromatic N) is 1. The zero-order chi connectivity index (χ0) is 22.7. The number of aromatic nitrogens is 1. The number of ether oxygens (including phenoxy) is 1. The van der Waals surface area contributed by atoms with E-state index in [1.165, 1.54) is 18.2 Å². The summed E-state index contributed by atoms with van der Waals surface area (Å²) in [7, 11) is 0. The normalized spacial score (nSPS) is 24.4. The second-order valence-corrected chi connectivity index (χ2v) is 9.28. The van der Waals surface area contributed by atoms with Crippen LogP contribution in [0.15, 0.2) is 36.5 Å². The molecule has 172 valence electrons. The van der Waals surface area contributed by atoms with Crippen LogP contribution in [0.4, 0.5) is 13.2 Å². The van der Waals surface area contributed by atoms with Gasteiger partial charge in [-0.05, 0) is 66.8 Å². The molecule has 8 heteroatoms. The lowest BCUT2D eigenvalue weighted by Crippen LogP contribution is -2.55. The number of H-pyrrole nitrogens is 1. The lowest BCUT2D eigenvalue weighted by Gasteiger charge is -2.42. The van der Waals surface area contributed by atoms with Gasteiger partial charge in [-0.25, -0.2) is 13.2 Å². The highest BCUT2D eigenvalue weighted by Crippen LogP contribution is 2.48. The number of rotatable bonds is 4. The number of hydrogen-bond donors (Lipinski definition) is 2. The minimum atomic E-state index is -0.995. The van der Waals surface area contributed by atoms with Gasteiger partial charge in [-0.3, -0.25) is 4.79 Å². The van der Waals surface area contributed by atoms with Gasteiger partial charge in [0.15, 0.2) is 11.6 Å². The first-order valence-corrected chi connectivity index (χ1v) is 11.4. The third kappa shape index (κ3) is 3.27. The molecule has 1 saturated heterocycles. The van der Waals surface area contributed by atoms with Crippen LogP contribution in [-0.4, -0.2) is 34.9 Å². The Morgan fingerprint density at radius 2 is 1.97 bits per heavy atom. The molecule has 0 bridgehead atoms. The summed E-state index contributed by atoms with van der Waals surface area (Å²) in [5, 5.41) is 3.77. The van der Waals surface area contributed by atoms with Crippen molar-refractivity contribution >= 4 is 16.8 Å². The van der Waals surface area contributed by atoms with Crippen molar-refractivity contribution in [3.05, 3.63) is 70.7 Å². The summed E-state index contributed by atoms with van der Waals surface area (Å²) in [6, 6.07) is 7.33. The highest BCUT2D eigenvalue weighted by molar-refractivity contribution is 5.86. The zero-order valence-corrected chi connectivity index (χ0v) is 18.0. The van der Waals surface area contributed by atoms with Crippen molar-refractivity contribution in [1.82, 2.24) is 15.2 Å². The standard InChI is InChI=1S/C25H24F3N3O2/c26-19-2-1-3-22-23(19)15(10-30-22)12-31(16-4-5-16)24(32)18-11-29-7-6-25(18)17-9-21(28)20(27)8-14(17)13-33-25/h1-3,8-10,16,18,29-30H,4-7,11-13H2. The Morgan fingerprint density at radius 1 is 1.15 bits per heavy atom. The van der Waals surface area contributed by atoms with E-state index in [9.17, 15) is 18.0 Å². The Morgan fingerprint density at radius 3 is 2.79 bits per heavy atom. The van der Waals surface area contributed by atoms with Gasteiger partial charge in [0.25, 0.3) is 0 Å². The minimum absolute atomic E-state index is 0.0824. The average Bonchev–Trinajstić information content (AvgIpc) is 3.49. The summed E-state index contributed by atoms with van der Waals surface area (Å²) < 4.78 is 48.8. The van der Waals surface area contributed by atoms with Crippen LogP contribution in [0.25, 0.3) is 10.9 Å². The Labute approximate surface area is 188 Å². The molecule has 2 aromatic carbocycles. The smallest absolute Gasteiger partial charge is 0.230 e. The molecule has 1 saturated carbocycles. The van der Waals surface area contributed by atoms with Crippen LogP contribution in [-0.2, 0) is 28.3 Å². The van der Waals surface area contributed by atoms with Crippen molar-refractivity contribution in [2.45, 2.75) is 44.1 Å². The van der Waals surface area contributed by atoms with E-state index < -0.39 is 23.2 Å². The maximum atomic E-state index is 14.6. The van der Waals surface area contributed by atoms with Crippen molar-refractivity contribution in [3.8, 4) is 0 Å². The van der Waals surface area contributed by atoms with Crippen LogP contribution in [0.2, 0.25) is 0 Å². The highest BCUT2D eigenvalue weighted by Gasteiger charge is 2.53. The fourth-order valence-corrected chi connectivity index (χ4v) is 5.52. The molecule has 2 unspecified atom stereocenters. The summed E-state index contributed by atoms with van der Waals surface area (Å²) in [6.07, 6.45) is 4.02. The van der Waals surface area contributed by atoms with Crippen LogP contribution in [0.5, 0.6) is 0 Å². The van der Waals surface area contributed by atoms with Crippen molar-refractivity contribution in [3.63, 3.8) is 0 Å². The highest BCUT2D eigenvalue weighted by atomic mass is 19.2. The molecule has 33 heavy (non-hydrogen) atoms. The molecule has 1 aliphatic carbocycles. The third-order valence-electron chi connectivity index (χ3n) is 7.32. The van der Waals surface area contributed by atoms with Crippen LogP contribution in [0.3, 0.4) is 0 Å². The van der Waals surface area contributed by atoms with E-state index in [1.807, 2.05) is 11.0 Å². The molecular formula is C25H24F3N3O2. The van der Waals surface area contributed by atoms with Crippen molar-refractivity contribution in [2.75, 3.05) is 13.1 Å². The van der Waals surface area contributed by atoms with Crippen LogP contribution in [0, 0.1) is 23.4 Å². The Hall–Kier alpha value is -2.84. The average molecular weight is 455 g/mol. The summed E-state index contributed by atoms with van der Waals surface area (Å²) >= 11 is 0. The van der Waals surface area contributed by atoms with Gasteiger partial charge < -0.3 is 19.9 Å². The summed E-state index contributed by atoms with van der Waals surface area (Å²) in [5.74, 6) is -2.86. The van der Waals surface area contributed by atoms with Gasteiger partial charge >= 0.3 is 0 Å². The second kappa shape index (κ2) is 7.60. The lowest BCUT2D eigenvalue weighted by atomic mass is 9.75. The third-order valence-corrected chi connectivity index (χ3v) is 7.32. The molecule has 1 aromatic heterocycles. The maximum Gasteiger partial charge on any atom is 0.230 e. The SMILES string of the molecule is O=C(C1CNCCC12OCc1cc(F)c(F)cc12)N(Cc1c[nH]c2cccc(F)c12)C1CC1. The molecule has 5 nitrogen and oxygen atoms in total. The molecule has 2 aliphatic heterocycles. The van der Waals surface area contributed by atoms with E-state index in [4.69, 9.17) is 4.74 Å². The number of nitrogens with one attached hydrogen (secondary N) is 2. The van der Waals surface area contributed by atoms with E-state index in [2.05, 4.69) is 10.3 Å². The van der Waals surface area contributed by atoms with E-state index in [0.29, 0.717) is 41.5 Å². The molecule has 2 atom stereocenters.